The number of hydrogen-bond acceptors (Lipinski definition) is 3. The van der Waals surface area contributed by atoms with E-state index in [1.165, 1.54) is 0 Å². The molecule has 1 atom stereocenters. The van der Waals surface area contributed by atoms with Gasteiger partial charge in [0.2, 0.25) is 0 Å². The molecule has 2 aromatic rings. The van der Waals surface area contributed by atoms with E-state index >= 15 is 0 Å². The molecule has 1 heterocycles. The molecule has 0 aliphatic rings. The van der Waals surface area contributed by atoms with E-state index in [0.29, 0.717) is 0 Å². The molecule has 1 aromatic carbocycles. The maximum Gasteiger partial charge on any atom is 0.0897 e. The number of nitrogens with zero attached hydrogens (tertiary/aromatic N) is 1. The van der Waals surface area contributed by atoms with E-state index < -0.39 is 0 Å². The van der Waals surface area contributed by atoms with Gasteiger partial charge in [-0.1, -0.05) is 33.6 Å². The topological polar surface area (TPSA) is 38.9 Å². The second-order valence-corrected chi connectivity index (χ2v) is 6.42. The maximum atomic E-state index is 6.17. The Hall–Kier alpha value is -0.420. The highest BCUT2D eigenvalue weighted by molar-refractivity contribution is 9.10. The van der Waals surface area contributed by atoms with Gasteiger partial charge in [-0.25, -0.2) is 4.98 Å². The lowest BCUT2D eigenvalue weighted by Crippen LogP contribution is -2.12. The SMILES string of the molecule is Cc1ncc(C(N)Cc2ccc(Br)cc2Cl)s1. The minimum absolute atomic E-state index is 0.0418. The predicted molar refractivity (Wildman–Crippen MR) is 76.6 cm³/mol. The molecule has 0 radical (unpaired) electrons. The molecule has 2 nitrogen and oxygen atoms in total. The minimum Gasteiger partial charge on any atom is -0.323 e. The fraction of sp³-hybridized carbons (Fsp3) is 0.250. The van der Waals surface area contributed by atoms with Crippen LogP contribution < -0.4 is 5.73 Å². The summed E-state index contributed by atoms with van der Waals surface area (Å²) in [5.41, 5.74) is 7.21. The summed E-state index contributed by atoms with van der Waals surface area (Å²) in [6, 6.07) is 5.83. The van der Waals surface area contributed by atoms with Gasteiger partial charge < -0.3 is 5.73 Å². The van der Waals surface area contributed by atoms with E-state index in [0.717, 1.165) is 31.4 Å². The maximum absolute atomic E-state index is 6.17. The Balaban J connectivity index is 2.15. The summed E-state index contributed by atoms with van der Waals surface area (Å²) < 4.78 is 0.980. The van der Waals surface area contributed by atoms with Crippen LogP contribution in [0, 0.1) is 6.92 Å². The van der Waals surface area contributed by atoms with Gasteiger partial charge in [-0.2, -0.15) is 0 Å². The molecule has 1 unspecified atom stereocenters. The predicted octanol–water partition coefficient (Wildman–Crippen LogP) is 4.11. The van der Waals surface area contributed by atoms with E-state index in [9.17, 15) is 0 Å². The van der Waals surface area contributed by atoms with Gasteiger partial charge in [0.25, 0.3) is 0 Å². The zero-order chi connectivity index (χ0) is 12.4. The molecule has 0 saturated carbocycles. The van der Waals surface area contributed by atoms with Crippen LogP contribution in [0.25, 0.3) is 0 Å². The van der Waals surface area contributed by atoms with Crippen LogP contribution in [0.5, 0.6) is 0 Å². The fourth-order valence-corrected chi connectivity index (χ4v) is 3.11. The van der Waals surface area contributed by atoms with Crippen LogP contribution in [0.1, 0.15) is 21.5 Å². The molecule has 0 aliphatic carbocycles. The number of hydrogen-bond donors (Lipinski definition) is 1. The highest BCUT2D eigenvalue weighted by Crippen LogP contribution is 2.27. The molecule has 0 amide bonds. The largest absolute Gasteiger partial charge is 0.323 e. The number of aryl methyl sites for hydroxylation is 1. The molecule has 2 N–H and O–H groups in total. The molecular weight excluding hydrogens is 320 g/mol. The molecule has 0 aliphatic heterocycles. The summed E-state index contributed by atoms with van der Waals surface area (Å²) in [6.45, 7) is 1.98. The first-order chi connectivity index (χ1) is 8.06. The van der Waals surface area contributed by atoms with Gasteiger partial charge in [-0.3, -0.25) is 0 Å². The second-order valence-electron chi connectivity index (χ2n) is 3.83. The van der Waals surface area contributed by atoms with Crippen molar-refractivity contribution in [2.45, 2.75) is 19.4 Å². The van der Waals surface area contributed by atoms with Gasteiger partial charge in [0.05, 0.1) is 5.01 Å². The lowest BCUT2D eigenvalue weighted by atomic mass is 10.1. The fourth-order valence-electron chi connectivity index (χ4n) is 1.57. The van der Waals surface area contributed by atoms with E-state index in [4.69, 9.17) is 17.3 Å². The normalized spacial score (nSPS) is 12.7. The Morgan fingerprint density at radius 3 is 2.88 bits per heavy atom. The molecule has 0 saturated heterocycles. The van der Waals surface area contributed by atoms with Gasteiger partial charge in [-0.05, 0) is 31.0 Å². The van der Waals surface area contributed by atoms with Gasteiger partial charge >= 0.3 is 0 Å². The molecule has 2 rings (SSSR count). The summed E-state index contributed by atoms with van der Waals surface area (Å²) in [7, 11) is 0. The van der Waals surface area contributed by atoms with E-state index in [-0.39, 0.29) is 6.04 Å². The van der Waals surface area contributed by atoms with Crippen LogP contribution in [0.15, 0.2) is 28.9 Å². The van der Waals surface area contributed by atoms with Crippen LogP contribution in [-0.4, -0.2) is 4.98 Å². The Kier molecular flexibility index (Phi) is 4.20. The van der Waals surface area contributed by atoms with Crippen molar-refractivity contribution in [1.82, 2.24) is 4.98 Å². The molecule has 0 bridgehead atoms. The molecule has 90 valence electrons. The van der Waals surface area contributed by atoms with Gasteiger partial charge in [0.15, 0.2) is 0 Å². The number of benzene rings is 1. The zero-order valence-electron chi connectivity index (χ0n) is 9.28. The Morgan fingerprint density at radius 1 is 1.53 bits per heavy atom. The highest BCUT2D eigenvalue weighted by atomic mass is 79.9. The zero-order valence-corrected chi connectivity index (χ0v) is 12.4. The third-order valence-electron chi connectivity index (χ3n) is 2.46. The molecular formula is C12H12BrClN2S. The van der Waals surface area contributed by atoms with Crippen LogP contribution in [0.3, 0.4) is 0 Å². The standard InChI is InChI=1S/C12H12BrClN2S/c1-7-16-6-12(17-7)11(15)4-8-2-3-9(13)5-10(8)14/h2-3,5-6,11H,4,15H2,1H3. The van der Waals surface area contributed by atoms with Gasteiger partial charge in [-0.15, -0.1) is 11.3 Å². The van der Waals surface area contributed by atoms with Crippen molar-refractivity contribution in [1.29, 1.82) is 0 Å². The summed E-state index contributed by atoms with van der Waals surface area (Å²) in [5, 5.41) is 1.79. The van der Waals surface area contributed by atoms with E-state index in [2.05, 4.69) is 20.9 Å². The van der Waals surface area contributed by atoms with E-state index in [1.54, 1.807) is 11.3 Å². The van der Waals surface area contributed by atoms with Crippen LogP contribution >= 0.6 is 38.9 Å². The molecule has 17 heavy (non-hydrogen) atoms. The number of aromatic nitrogens is 1. The third-order valence-corrected chi connectivity index (χ3v) is 4.35. The van der Waals surface area contributed by atoms with Crippen LogP contribution in [-0.2, 0) is 6.42 Å². The number of thiazole rings is 1. The third kappa shape index (κ3) is 3.28. The monoisotopic (exact) mass is 330 g/mol. The smallest absolute Gasteiger partial charge is 0.0897 e. The Labute approximate surface area is 118 Å². The van der Waals surface area contributed by atoms with Crippen molar-refractivity contribution in [3.63, 3.8) is 0 Å². The van der Waals surface area contributed by atoms with Crippen molar-refractivity contribution in [2.75, 3.05) is 0 Å². The van der Waals surface area contributed by atoms with E-state index in [1.807, 2.05) is 31.3 Å². The van der Waals surface area contributed by atoms with Gasteiger partial charge in [0.1, 0.15) is 0 Å². The van der Waals surface area contributed by atoms with Crippen molar-refractivity contribution < 1.29 is 0 Å². The molecule has 0 fully saturated rings. The number of halogens is 2. The highest BCUT2D eigenvalue weighted by Gasteiger charge is 2.12. The summed E-state index contributed by atoms with van der Waals surface area (Å²) in [6.07, 6.45) is 2.57. The first-order valence-corrected chi connectivity index (χ1v) is 7.17. The van der Waals surface area contributed by atoms with Crippen LogP contribution in [0.2, 0.25) is 5.02 Å². The quantitative estimate of drug-likeness (QED) is 0.919. The first kappa shape index (κ1) is 13.0. The van der Waals surface area contributed by atoms with Crippen molar-refractivity contribution in [3.8, 4) is 0 Å². The number of nitrogens with two attached hydrogens (primary N) is 1. The van der Waals surface area contributed by atoms with Crippen LogP contribution in [0.4, 0.5) is 0 Å². The summed E-state index contributed by atoms with van der Waals surface area (Å²) >= 11 is 11.2. The molecule has 1 aromatic heterocycles. The Morgan fingerprint density at radius 2 is 2.29 bits per heavy atom. The second kappa shape index (κ2) is 5.48. The molecule has 0 spiro atoms. The lowest BCUT2D eigenvalue weighted by Gasteiger charge is -2.10. The van der Waals surface area contributed by atoms with Crippen molar-refractivity contribution in [2.24, 2.45) is 5.73 Å². The summed E-state index contributed by atoms with van der Waals surface area (Å²) in [4.78, 5) is 5.31. The van der Waals surface area contributed by atoms with Crippen molar-refractivity contribution in [3.05, 3.63) is 49.3 Å². The average molecular weight is 332 g/mol. The molecule has 5 heteroatoms. The van der Waals surface area contributed by atoms with Gasteiger partial charge in [0, 0.05) is 26.6 Å². The van der Waals surface area contributed by atoms with Crippen molar-refractivity contribution >= 4 is 38.9 Å². The minimum atomic E-state index is -0.0418. The first-order valence-electron chi connectivity index (χ1n) is 5.18. The Bertz CT molecular complexity index is 527. The lowest BCUT2D eigenvalue weighted by molar-refractivity contribution is 0.734. The average Bonchev–Trinajstić information content (AvgIpc) is 2.69. The summed E-state index contributed by atoms with van der Waals surface area (Å²) in [5.74, 6) is 0. The number of rotatable bonds is 3.